The smallest absolute Gasteiger partial charge is 0.289 e. The van der Waals surface area contributed by atoms with E-state index in [0.29, 0.717) is 10.6 Å². The van der Waals surface area contributed by atoms with E-state index < -0.39 is 0 Å². The van der Waals surface area contributed by atoms with E-state index in [2.05, 4.69) is 17.1 Å². The first kappa shape index (κ1) is 18.8. The van der Waals surface area contributed by atoms with Gasteiger partial charge in [-0.1, -0.05) is 36.0 Å². The van der Waals surface area contributed by atoms with Crippen LogP contribution in [-0.4, -0.2) is 23.6 Å². The second kappa shape index (κ2) is 8.11. The van der Waals surface area contributed by atoms with Gasteiger partial charge in [-0.05, 0) is 36.5 Å². The number of thioether (sulfide) groups is 1. The molecule has 1 atom stereocenters. The van der Waals surface area contributed by atoms with Crippen LogP contribution in [-0.2, 0) is 11.2 Å². The molecule has 0 spiro atoms. The highest BCUT2D eigenvalue weighted by Crippen LogP contribution is 2.34. The number of nitrogens with two attached hydrogens (primary N) is 1. The number of aromatic amines is 1. The van der Waals surface area contributed by atoms with Gasteiger partial charge < -0.3 is 4.90 Å². The quantitative estimate of drug-likeness (QED) is 0.822. The van der Waals surface area contributed by atoms with Gasteiger partial charge in [0.15, 0.2) is 5.03 Å². The molecule has 0 aliphatic heterocycles. The van der Waals surface area contributed by atoms with E-state index in [9.17, 15) is 10.1 Å². The predicted molar refractivity (Wildman–Crippen MR) is 102 cm³/mol. The fourth-order valence-corrected chi connectivity index (χ4v) is 4.29. The maximum absolute atomic E-state index is 12.8. The third-order valence-electron chi connectivity index (χ3n) is 4.85. The number of carbonyl (C=O) groups excluding carboxylic acids is 1. The zero-order valence-corrected chi connectivity index (χ0v) is 15.8. The van der Waals surface area contributed by atoms with Gasteiger partial charge in [0, 0.05) is 7.05 Å². The summed E-state index contributed by atoms with van der Waals surface area (Å²) in [5.74, 6) is 0.369. The van der Waals surface area contributed by atoms with Crippen molar-refractivity contribution in [2.75, 3.05) is 18.5 Å². The fourth-order valence-electron chi connectivity index (χ4n) is 3.37. The summed E-state index contributed by atoms with van der Waals surface area (Å²) in [5, 5.41) is 18.8. The Labute approximate surface area is 162 Å². The number of fused-ring (bicyclic) bond motifs is 1. The first-order chi connectivity index (χ1) is 13.0. The summed E-state index contributed by atoms with van der Waals surface area (Å²) >= 11 is 1.23. The Morgan fingerprint density at radius 3 is 2.81 bits per heavy atom. The van der Waals surface area contributed by atoms with E-state index in [4.69, 9.17) is 11.0 Å². The number of amides is 1. The Morgan fingerprint density at radius 1 is 1.33 bits per heavy atom. The van der Waals surface area contributed by atoms with Crippen molar-refractivity contribution in [2.24, 2.45) is 0 Å². The highest BCUT2D eigenvalue weighted by atomic mass is 32.2. The SMILES string of the molecule is CN(C(=O)CSc1[nH+]c(N)c(C#N)cc1C#N)[C@H]1CCCc2ccccc21. The number of anilines is 1. The van der Waals surface area contributed by atoms with Crippen LogP contribution in [0.4, 0.5) is 5.82 Å². The van der Waals surface area contributed by atoms with E-state index in [0.717, 1.165) is 19.3 Å². The molecule has 0 radical (unpaired) electrons. The molecule has 1 aromatic heterocycles. The Balaban J connectivity index is 1.73. The number of hydrogen-bond donors (Lipinski definition) is 1. The highest BCUT2D eigenvalue weighted by molar-refractivity contribution is 7.99. The van der Waals surface area contributed by atoms with Crippen molar-refractivity contribution in [1.29, 1.82) is 10.5 Å². The van der Waals surface area contributed by atoms with Crippen molar-refractivity contribution >= 4 is 23.5 Å². The largest absolute Gasteiger partial charge is 0.338 e. The summed E-state index contributed by atoms with van der Waals surface area (Å²) < 4.78 is 0. The first-order valence-corrected chi connectivity index (χ1v) is 9.66. The molecular formula is C20H20N5OS+. The second-order valence-corrected chi connectivity index (χ2v) is 7.45. The minimum Gasteiger partial charge on any atom is -0.338 e. The molecule has 1 aromatic carbocycles. The summed E-state index contributed by atoms with van der Waals surface area (Å²) in [6.45, 7) is 0. The summed E-state index contributed by atoms with van der Waals surface area (Å²) in [6, 6.07) is 13.8. The summed E-state index contributed by atoms with van der Waals surface area (Å²) in [5.41, 5.74) is 8.85. The molecular weight excluding hydrogens is 358 g/mol. The van der Waals surface area contributed by atoms with Crippen LogP contribution in [0.3, 0.4) is 0 Å². The van der Waals surface area contributed by atoms with Gasteiger partial charge in [0.25, 0.3) is 5.82 Å². The molecule has 2 aromatic rings. The van der Waals surface area contributed by atoms with E-state index in [1.807, 2.05) is 31.3 Å². The molecule has 0 saturated heterocycles. The average molecular weight is 378 g/mol. The average Bonchev–Trinajstić information content (AvgIpc) is 2.71. The lowest BCUT2D eigenvalue weighted by Crippen LogP contribution is -2.34. The molecule has 3 rings (SSSR count). The standard InChI is InChI=1S/C20H19N5OS/c1-25(17-8-4-6-13-5-2-3-7-16(13)17)18(26)12-27-20-15(11-22)9-14(10-21)19(23)24-20/h2-3,5,7,9,17H,4,6,8,12H2,1H3,(H2,23,24)/p+1/t17-/m0/s1. The van der Waals surface area contributed by atoms with Crippen LogP contribution in [0.5, 0.6) is 0 Å². The van der Waals surface area contributed by atoms with Crippen molar-refractivity contribution in [1.82, 2.24) is 4.90 Å². The second-order valence-electron chi connectivity index (χ2n) is 6.46. The van der Waals surface area contributed by atoms with Crippen molar-refractivity contribution in [3.8, 4) is 12.1 Å². The Kier molecular flexibility index (Phi) is 5.63. The summed E-state index contributed by atoms with van der Waals surface area (Å²) in [6.07, 6.45) is 3.06. The lowest BCUT2D eigenvalue weighted by Gasteiger charge is -2.33. The molecule has 7 heteroatoms. The van der Waals surface area contributed by atoms with E-state index >= 15 is 0 Å². The number of pyridine rings is 1. The number of carbonyl (C=O) groups is 1. The minimum atomic E-state index is -0.0121. The van der Waals surface area contributed by atoms with Gasteiger partial charge in [-0.3, -0.25) is 10.5 Å². The van der Waals surface area contributed by atoms with Crippen molar-refractivity contribution in [2.45, 2.75) is 30.3 Å². The fraction of sp³-hybridized carbons (Fsp3) is 0.300. The molecule has 0 fully saturated rings. The molecule has 0 saturated carbocycles. The van der Waals surface area contributed by atoms with Gasteiger partial charge in [0.2, 0.25) is 5.91 Å². The van der Waals surface area contributed by atoms with Crippen LogP contribution in [0.15, 0.2) is 35.4 Å². The number of H-pyrrole nitrogens is 1. The number of nitrogens with one attached hydrogen (secondary N) is 1. The monoisotopic (exact) mass is 378 g/mol. The molecule has 1 heterocycles. The highest BCUT2D eigenvalue weighted by Gasteiger charge is 2.27. The molecule has 0 unspecified atom stereocenters. The third kappa shape index (κ3) is 3.89. The maximum atomic E-state index is 12.8. The number of rotatable bonds is 4. The van der Waals surface area contributed by atoms with E-state index in [-0.39, 0.29) is 29.1 Å². The number of benzene rings is 1. The van der Waals surface area contributed by atoms with Gasteiger partial charge >= 0.3 is 0 Å². The number of nitrogens with zero attached hydrogens (tertiary/aromatic N) is 3. The Morgan fingerprint density at radius 2 is 2.07 bits per heavy atom. The molecule has 136 valence electrons. The van der Waals surface area contributed by atoms with Gasteiger partial charge in [0.05, 0.1) is 11.8 Å². The number of nitrogen functional groups attached to an aromatic ring is 1. The normalized spacial score (nSPS) is 15.3. The first-order valence-electron chi connectivity index (χ1n) is 8.67. The molecule has 1 aliphatic carbocycles. The maximum Gasteiger partial charge on any atom is 0.289 e. The van der Waals surface area contributed by atoms with E-state index in [1.165, 1.54) is 29.0 Å². The zero-order chi connectivity index (χ0) is 19.4. The molecule has 1 amide bonds. The van der Waals surface area contributed by atoms with Crippen LogP contribution >= 0.6 is 11.8 Å². The molecule has 0 bridgehead atoms. The Hall–Kier alpha value is -3.03. The zero-order valence-electron chi connectivity index (χ0n) is 15.0. The number of aromatic nitrogens is 1. The van der Waals surface area contributed by atoms with Gasteiger partial charge in [-0.25, -0.2) is 4.98 Å². The van der Waals surface area contributed by atoms with Gasteiger partial charge in [0.1, 0.15) is 23.3 Å². The lowest BCUT2D eigenvalue weighted by atomic mass is 9.87. The minimum absolute atomic E-state index is 0.0121. The predicted octanol–water partition coefficient (Wildman–Crippen LogP) is 2.45. The summed E-state index contributed by atoms with van der Waals surface area (Å²) in [4.78, 5) is 17.4. The molecule has 27 heavy (non-hydrogen) atoms. The number of hydrogen-bond acceptors (Lipinski definition) is 5. The van der Waals surface area contributed by atoms with Crippen LogP contribution in [0, 0.1) is 22.7 Å². The lowest BCUT2D eigenvalue weighted by molar-refractivity contribution is -0.410. The Bertz CT molecular complexity index is 960. The van der Waals surface area contributed by atoms with E-state index in [1.54, 1.807) is 4.90 Å². The van der Waals surface area contributed by atoms with Crippen LogP contribution in [0.1, 0.15) is 41.1 Å². The van der Waals surface area contributed by atoms with Crippen LogP contribution in [0.25, 0.3) is 0 Å². The van der Waals surface area contributed by atoms with Crippen molar-refractivity contribution < 1.29 is 9.78 Å². The van der Waals surface area contributed by atoms with Gasteiger partial charge in [-0.15, -0.1) is 0 Å². The van der Waals surface area contributed by atoms with Crippen LogP contribution in [0.2, 0.25) is 0 Å². The number of nitriles is 2. The van der Waals surface area contributed by atoms with Gasteiger partial charge in [-0.2, -0.15) is 10.5 Å². The third-order valence-corrected chi connectivity index (χ3v) is 5.85. The topological polar surface area (TPSA) is 108 Å². The molecule has 6 nitrogen and oxygen atoms in total. The van der Waals surface area contributed by atoms with Crippen molar-refractivity contribution in [3.05, 3.63) is 52.6 Å². The molecule has 3 N–H and O–H groups in total. The number of aryl methyl sites for hydroxylation is 1. The molecule has 1 aliphatic rings. The summed E-state index contributed by atoms with van der Waals surface area (Å²) in [7, 11) is 1.83. The van der Waals surface area contributed by atoms with Crippen LogP contribution < -0.4 is 10.7 Å². The van der Waals surface area contributed by atoms with Crippen molar-refractivity contribution in [3.63, 3.8) is 0 Å².